The number of anilines is 1. The van der Waals surface area contributed by atoms with Crippen molar-refractivity contribution in [3.05, 3.63) is 95.2 Å². The van der Waals surface area contributed by atoms with E-state index in [1.165, 1.54) is 16.7 Å². The fourth-order valence-electron chi connectivity index (χ4n) is 3.28. The van der Waals surface area contributed by atoms with E-state index in [0.29, 0.717) is 0 Å². The molecule has 4 rings (SSSR count). The van der Waals surface area contributed by atoms with Crippen LogP contribution in [0.25, 0.3) is 0 Å². The minimum atomic E-state index is 0.785. The zero-order chi connectivity index (χ0) is 19.0. The normalized spacial score (nSPS) is 13.1. The van der Waals surface area contributed by atoms with Gasteiger partial charge in [0.05, 0.1) is 6.54 Å². The van der Waals surface area contributed by atoms with Gasteiger partial charge in [-0.05, 0) is 29.2 Å². The van der Waals surface area contributed by atoms with Gasteiger partial charge in [-0.2, -0.15) is 5.10 Å². The van der Waals surface area contributed by atoms with Crippen LogP contribution in [-0.2, 0) is 12.8 Å². The zero-order valence-electron chi connectivity index (χ0n) is 15.9. The van der Waals surface area contributed by atoms with Crippen molar-refractivity contribution >= 4 is 11.7 Å². The predicted molar refractivity (Wildman–Crippen MR) is 115 cm³/mol. The Labute approximate surface area is 165 Å². The van der Waals surface area contributed by atoms with Gasteiger partial charge in [-0.15, -0.1) is 0 Å². The Morgan fingerprint density at radius 1 is 0.821 bits per heavy atom. The molecule has 1 aliphatic heterocycles. The van der Waals surface area contributed by atoms with Crippen LogP contribution in [-0.4, -0.2) is 35.7 Å². The number of amidine groups is 1. The largest absolute Gasteiger partial charge is 0.369 e. The Balaban J connectivity index is 1.18. The van der Waals surface area contributed by atoms with Crippen LogP contribution < -0.4 is 10.6 Å². The Kier molecular flexibility index (Phi) is 5.83. The standard InChI is InChI=1S/C23H25N5/c1-3-7-18(8-4-1)13-20-15-22(26-17-20)24-11-12-25-23-16-21(27-28-23)14-19-9-5-2-6-10-19/h1-10,15-16H,11-14,17H2,(H,24,26)(H2,25,27,28). The molecule has 5 heteroatoms. The lowest BCUT2D eigenvalue weighted by atomic mass is 10.1. The van der Waals surface area contributed by atoms with Crippen molar-refractivity contribution in [3.8, 4) is 0 Å². The summed E-state index contributed by atoms with van der Waals surface area (Å²) in [7, 11) is 0. The van der Waals surface area contributed by atoms with Crippen LogP contribution in [0.2, 0.25) is 0 Å². The molecule has 2 aromatic carbocycles. The molecule has 0 radical (unpaired) electrons. The summed E-state index contributed by atoms with van der Waals surface area (Å²) in [6.07, 6.45) is 3.99. The Morgan fingerprint density at radius 3 is 2.25 bits per heavy atom. The molecule has 5 nitrogen and oxygen atoms in total. The molecule has 0 atom stereocenters. The Bertz CT molecular complexity index is 941. The number of hydrogen-bond acceptors (Lipinski definition) is 4. The quantitative estimate of drug-likeness (QED) is 0.530. The van der Waals surface area contributed by atoms with Gasteiger partial charge in [-0.1, -0.05) is 60.7 Å². The van der Waals surface area contributed by atoms with Crippen molar-refractivity contribution in [3.63, 3.8) is 0 Å². The highest BCUT2D eigenvalue weighted by molar-refractivity contribution is 5.95. The molecule has 1 aliphatic rings. The SMILES string of the molecule is C1=C(Cc2ccccc2)CN=C1NCCNc1cc(Cc2ccccc2)[nH]n1. The molecule has 0 saturated heterocycles. The van der Waals surface area contributed by atoms with Crippen LogP contribution in [0.5, 0.6) is 0 Å². The smallest absolute Gasteiger partial charge is 0.148 e. The summed E-state index contributed by atoms with van der Waals surface area (Å²) in [6.45, 7) is 2.37. The number of nitrogens with zero attached hydrogens (tertiary/aromatic N) is 2. The number of aromatic nitrogens is 2. The van der Waals surface area contributed by atoms with Gasteiger partial charge >= 0.3 is 0 Å². The monoisotopic (exact) mass is 371 g/mol. The zero-order valence-corrected chi connectivity index (χ0v) is 15.9. The number of benzene rings is 2. The van der Waals surface area contributed by atoms with E-state index < -0.39 is 0 Å². The van der Waals surface area contributed by atoms with Gasteiger partial charge in [0, 0.05) is 31.3 Å². The van der Waals surface area contributed by atoms with Crippen LogP contribution in [0.3, 0.4) is 0 Å². The van der Waals surface area contributed by atoms with Gasteiger partial charge in [0.25, 0.3) is 0 Å². The van der Waals surface area contributed by atoms with Crippen molar-refractivity contribution in [2.75, 3.05) is 25.0 Å². The number of aliphatic imine (C=N–C) groups is 1. The van der Waals surface area contributed by atoms with Gasteiger partial charge in [-0.3, -0.25) is 10.1 Å². The molecular formula is C23H25N5. The lowest BCUT2D eigenvalue weighted by Gasteiger charge is -2.05. The van der Waals surface area contributed by atoms with Crippen LogP contribution in [0.15, 0.2) is 83.4 Å². The third-order valence-corrected chi connectivity index (χ3v) is 4.67. The molecule has 0 bridgehead atoms. The van der Waals surface area contributed by atoms with E-state index >= 15 is 0 Å². The molecule has 0 saturated carbocycles. The Hall–Kier alpha value is -3.34. The third-order valence-electron chi connectivity index (χ3n) is 4.67. The first-order valence-corrected chi connectivity index (χ1v) is 9.69. The van der Waals surface area contributed by atoms with Crippen LogP contribution in [0.4, 0.5) is 5.82 Å². The summed E-state index contributed by atoms with van der Waals surface area (Å²) in [5.74, 6) is 1.85. The summed E-state index contributed by atoms with van der Waals surface area (Å²) in [6, 6.07) is 23.0. The molecule has 0 unspecified atom stereocenters. The summed E-state index contributed by atoms with van der Waals surface area (Å²) in [5, 5.41) is 14.2. The fourth-order valence-corrected chi connectivity index (χ4v) is 3.28. The van der Waals surface area contributed by atoms with E-state index in [1.54, 1.807) is 0 Å². The second-order valence-electron chi connectivity index (χ2n) is 6.96. The van der Waals surface area contributed by atoms with Gasteiger partial charge < -0.3 is 10.6 Å². The van der Waals surface area contributed by atoms with Gasteiger partial charge in [-0.25, -0.2) is 0 Å². The molecule has 142 valence electrons. The molecule has 1 aromatic heterocycles. The molecule has 0 fully saturated rings. The maximum absolute atomic E-state index is 4.57. The molecule has 0 amide bonds. The highest BCUT2D eigenvalue weighted by atomic mass is 15.2. The highest BCUT2D eigenvalue weighted by Gasteiger charge is 2.08. The van der Waals surface area contributed by atoms with Crippen molar-refractivity contribution in [1.29, 1.82) is 0 Å². The minimum Gasteiger partial charge on any atom is -0.369 e. The van der Waals surface area contributed by atoms with Gasteiger partial charge in [0.15, 0.2) is 0 Å². The number of hydrogen-bond donors (Lipinski definition) is 3. The number of aromatic amines is 1. The number of H-pyrrole nitrogens is 1. The maximum atomic E-state index is 4.57. The van der Waals surface area contributed by atoms with E-state index in [9.17, 15) is 0 Å². The summed E-state index contributed by atoms with van der Waals surface area (Å²) >= 11 is 0. The second-order valence-corrected chi connectivity index (χ2v) is 6.96. The van der Waals surface area contributed by atoms with Gasteiger partial charge in [0.1, 0.15) is 11.7 Å². The maximum Gasteiger partial charge on any atom is 0.148 e. The lowest BCUT2D eigenvalue weighted by molar-refractivity contribution is 0.899. The molecular weight excluding hydrogens is 346 g/mol. The van der Waals surface area contributed by atoms with Crippen molar-refractivity contribution in [2.24, 2.45) is 4.99 Å². The molecule has 3 aromatic rings. The summed E-state index contributed by atoms with van der Waals surface area (Å²) < 4.78 is 0. The molecule has 0 aliphatic carbocycles. The van der Waals surface area contributed by atoms with Crippen molar-refractivity contribution in [2.45, 2.75) is 12.8 Å². The third kappa shape index (κ3) is 5.10. The predicted octanol–water partition coefficient (Wildman–Crippen LogP) is 3.58. The first-order chi connectivity index (χ1) is 13.8. The van der Waals surface area contributed by atoms with Gasteiger partial charge in [0.2, 0.25) is 0 Å². The summed E-state index contributed by atoms with van der Waals surface area (Å²) in [5.41, 5.74) is 5.06. The average molecular weight is 371 g/mol. The molecule has 0 spiro atoms. The van der Waals surface area contributed by atoms with Crippen LogP contribution in [0, 0.1) is 0 Å². The van der Waals surface area contributed by atoms with E-state index in [0.717, 1.165) is 49.8 Å². The van der Waals surface area contributed by atoms with E-state index in [4.69, 9.17) is 0 Å². The molecule has 2 heterocycles. The first kappa shape index (κ1) is 18.0. The van der Waals surface area contributed by atoms with Crippen molar-refractivity contribution < 1.29 is 0 Å². The minimum absolute atomic E-state index is 0.785. The fraction of sp³-hybridized carbons (Fsp3) is 0.217. The molecule has 28 heavy (non-hydrogen) atoms. The topological polar surface area (TPSA) is 65.1 Å². The molecule has 3 N–H and O–H groups in total. The second kappa shape index (κ2) is 9.04. The van der Waals surface area contributed by atoms with Crippen LogP contribution in [0.1, 0.15) is 16.8 Å². The number of nitrogens with one attached hydrogen (secondary N) is 3. The Morgan fingerprint density at radius 2 is 1.50 bits per heavy atom. The van der Waals surface area contributed by atoms with E-state index in [-0.39, 0.29) is 0 Å². The highest BCUT2D eigenvalue weighted by Crippen LogP contribution is 2.13. The number of rotatable bonds is 8. The average Bonchev–Trinajstić information content (AvgIpc) is 3.36. The lowest BCUT2D eigenvalue weighted by Crippen LogP contribution is -2.26. The summed E-state index contributed by atoms with van der Waals surface area (Å²) in [4.78, 5) is 4.57. The van der Waals surface area contributed by atoms with Crippen molar-refractivity contribution in [1.82, 2.24) is 15.5 Å². The van der Waals surface area contributed by atoms with Crippen LogP contribution >= 0.6 is 0 Å². The van der Waals surface area contributed by atoms with E-state index in [1.807, 2.05) is 12.1 Å². The van der Waals surface area contributed by atoms with E-state index in [2.05, 4.69) is 86.5 Å². The first-order valence-electron chi connectivity index (χ1n) is 9.69.